The second-order valence-electron chi connectivity index (χ2n) is 3.78. The monoisotopic (exact) mass is 306 g/mol. The fourth-order valence-electron chi connectivity index (χ4n) is 1.50. The van der Waals surface area contributed by atoms with Crippen LogP contribution in [0.3, 0.4) is 0 Å². The second kappa shape index (κ2) is 5.18. The van der Waals surface area contributed by atoms with Crippen molar-refractivity contribution < 1.29 is 9.59 Å². The van der Waals surface area contributed by atoms with Gasteiger partial charge < -0.3 is 5.32 Å². The summed E-state index contributed by atoms with van der Waals surface area (Å²) in [6.07, 6.45) is 4.64. The van der Waals surface area contributed by atoms with E-state index in [1.54, 1.807) is 37.4 Å². The van der Waals surface area contributed by atoms with Gasteiger partial charge in [-0.1, -0.05) is 15.9 Å². The number of nitrogens with zero attached hydrogens (tertiary/aromatic N) is 1. The van der Waals surface area contributed by atoms with Gasteiger partial charge in [-0.3, -0.25) is 9.69 Å². The van der Waals surface area contributed by atoms with Crippen molar-refractivity contribution in [1.82, 2.24) is 10.2 Å². The summed E-state index contributed by atoms with van der Waals surface area (Å²) in [6, 6.07) is 6.82. The molecule has 0 aromatic heterocycles. The van der Waals surface area contributed by atoms with Gasteiger partial charge in [0.15, 0.2) is 5.78 Å². The quantitative estimate of drug-likeness (QED) is 0.674. The van der Waals surface area contributed by atoms with E-state index in [9.17, 15) is 9.59 Å². The van der Waals surface area contributed by atoms with Crippen LogP contribution < -0.4 is 5.32 Å². The number of benzene rings is 1. The molecule has 2 rings (SSSR count). The Morgan fingerprint density at radius 3 is 2.67 bits per heavy atom. The van der Waals surface area contributed by atoms with Crippen LogP contribution in [0, 0.1) is 0 Å². The van der Waals surface area contributed by atoms with Crippen molar-refractivity contribution >= 4 is 27.7 Å². The minimum Gasteiger partial charge on any atom is -0.314 e. The van der Waals surface area contributed by atoms with E-state index >= 15 is 0 Å². The molecule has 92 valence electrons. The Labute approximate surface area is 113 Å². The first-order valence-corrected chi connectivity index (χ1v) is 6.09. The number of rotatable bonds is 2. The van der Waals surface area contributed by atoms with Gasteiger partial charge in [0.05, 0.1) is 5.70 Å². The zero-order valence-electron chi connectivity index (χ0n) is 9.68. The van der Waals surface area contributed by atoms with Gasteiger partial charge >= 0.3 is 6.03 Å². The van der Waals surface area contributed by atoms with E-state index in [1.807, 2.05) is 0 Å². The van der Waals surface area contributed by atoms with Crippen molar-refractivity contribution in [3.8, 4) is 0 Å². The molecule has 1 aromatic carbocycles. The Bertz CT molecular complexity index is 547. The standard InChI is InChI=1S/C13H11BrN2O2/c1-16-11(6-7-15-13(16)18)8-12(17)9-2-4-10(14)5-3-9/h2-8H,1H3,(H,15,18)/b11-8-. The van der Waals surface area contributed by atoms with Gasteiger partial charge in [0.2, 0.25) is 0 Å². The van der Waals surface area contributed by atoms with E-state index in [4.69, 9.17) is 0 Å². The van der Waals surface area contributed by atoms with Crippen LogP contribution in [0.15, 0.2) is 52.8 Å². The number of likely N-dealkylation sites (N-methyl/N-ethyl adjacent to an activating group) is 1. The highest BCUT2D eigenvalue weighted by molar-refractivity contribution is 9.10. The number of hydrogen-bond donors (Lipinski definition) is 1. The molecular formula is C13H11BrN2O2. The molecule has 1 heterocycles. The number of hydrogen-bond acceptors (Lipinski definition) is 2. The number of nitrogens with one attached hydrogen (secondary N) is 1. The third kappa shape index (κ3) is 2.68. The summed E-state index contributed by atoms with van der Waals surface area (Å²) >= 11 is 3.31. The predicted octanol–water partition coefficient (Wildman–Crippen LogP) is 2.68. The predicted molar refractivity (Wildman–Crippen MR) is 72.0 cm³/mol. The Kier molecular flexibility index (Phi) is 3.62. The Balaban J connectivity index is 2.25. The van der Waals surface area contributed by atoms with Crippen LogP contribution in [-0.2, 0) is 0 Å². The molecule has 1 aromatic rings. The van der Waals surface area contributed by atoms with Crippen molar-refractivity contribution in [1.29, 1.82) is 0 Å². The van der Waals surface area contributed by atoms with Crippen molar-refractivity contribution in [3.05, 3.63) is 58.4 Å². The summed E-state index contributed by atoms with van der Waals surface area (Å²) in [6.45, 7) is 0. The Morgan fingerprint density at radius 2 is 2.00 bits per heavy atom. The zero-order chi connectivity index (χ0) is 13.1. The third-order valence-corrected chi connectivity index (χ3v) is 3.09. The highest BCUT2D eigenvalue weighted by atomic mass is 79.9. The highest BCUT2D eigenvalue weighted by Gasteiger charge is 2.15. The lowest BCUT2D eigenvalue weighted by atomic mass is 10.1. The van der Waals surface area contributed by atoms with Crippen molar-refractivity contribution in [2.24, 2.45) is 0 Å². The topological polar surface area (TPSA) is 49.4 Å². The molecule has 1 aliphatic heterocycles. The molecule has 0 saturated heterocycles. The van der Waals surface area contributed by atoms with Crippen molar-refractivity contribution in [2.45, 2.75) is 0 Å². The fourth-order valence-corrected chi connectivity index (χ4v) is 1.77. The second-order valence-corrected chi connectivity index (χ2v) is 4.70. The van der Waals surface area contributed by atoms with E-state index in [-0.39, 0.29) is 11.8 Å². The highest BCUT2D eigenvalue weighted by Crippen LogP contribution is 2.14. The van der Waals surface area contributed by atoms with Gasteiger partial charge in [0.25, 0.3) is 0 Å². The van der Waals surface area contributed by atoms with Crippen LogP contribution in [-0.4, -0.2) is 23.8 Å². The fraction of sp³-hybridized carbons (Fsp3) is 0.0769. The SMILES string of the molecule is CN1C(=O)NC=C/C1=C/C(=O)c1ccc(Br)cc1. The van der Waals surface area contributed by atoms with E-state index in [1.165, 1.54) is 17.2 Å². The maximum atomic E-state index is 12.0. The van der Waals surface area contributed by atoms with Crippen molar-refractivity contribution in [3.63, 3.8) is 0 Å². The average Bonchev–Trinajstić information content (AvgIpc) is 2.36. The molecule has 0 saturated carbocycles. The molecule has 0 atom stereocenters. The van der Waals surface area contributed by atoms with Gasteiger partial charge in [0.1, 0.15) is 0 Å². The molecule has 0 fully saturated rings. The van der Waals surface area contributed by atoms with E-state index in [0.717, 1.165) is 4.47 Å². The molecule has 0 radical (unpaired) electrons. The van der Waals surface area contributed by atoms with Gasteiger partial charge in [0, 0.05) is 29.4 Å². The summed E-state index contributed by atoms with van der Waals surface area (Å²) in [5, 5.41) is 2.53. The summed E-state index contributed by atoms with van der Waals surface area (Å²) in [7, 11) is 1.61. The molecule has 0 bridgehead atoms. The first kappa shape index (κ1) is 12.6. The minimum absolute atomic E-state index is 0.135. The van der Waals surface area contributed by atoms with Crippen LogP contribution in [0.5, 0.6) is 0 Å². The normalized spacial score (nSPS) is 16.9. The van der Waals surface area contributed by atoms with Gasteiger partial charge in [-0.2, -0.15) is 0 Å². The van der Waals surface area contributed by atoms with Gasteiger partial charge in [-0.05, 0) is 30.3 Å². The average molecular weight is 307 g/mol. The zero-order valence-corrected chi connectivity index (χ0v) is 11.3. The maximum absolute atomic E-state index is 12.0. The van der Waals surface area contributed by atoms with Crippen LogP contribution in [0.1, 0.15) is 10.4 Å². The minimum atomic E-state index is -0.257. The van der Waals surface area contributed by atoms with E-state index in [2.05, 4.69) is 21.2 Å². The molecule has 18 heavy (non-hydrogen) atoms. The molecule has 1 N–H and O–H groups in total. The van der Waals surface area contributed by atoms with Crippen LogP contribution in [0.25, 0.3) is 0 Å². The molecule has 2 amide bonds. The number of urea groups is 1. The van der Waals surface area contributed by atoms with Crippen LogP contribution in [0.2, 0.25) is 0 Å². The molecule has 0 aliphatic carbocycles. The summed E-state index contributed by atoms with van der Waals surface area (Å²) < 4.78 is 0.917. The summed E-state index contributed by atoms with van der Waals surface area (Å²) in [4.78, 5) is 24.8. The number of halogens is 1. The lowest BCUT2D eigenvalue weighted by Gasteiger charge is -2.21. The van der Waals surface area contributed by atoms with Crippen LogP contribution >= 0.6 is 15.9 Å². The third-order valence-electron chi connectivity index (χ3n) is 2.56. The maximum Gasteiger partial charge on any atom is 0.325 e. The van der Waals surface area contributed by atoms with E-state index in [0.29, 0.717) is 11.3 Å². The smallest absolute Gasteiger partial charge is 0.314 e. The molecule has 5 heteroatoms. The largest absolute Gasteiger partial charge is 0.325 e. The van der Waals surface area contributed by atoms with Crippen molar-refractivity contribution in [2.75, 3.05) is 7.05 Å². The van der Waals surface area contributed by atoms with Crippen LogP contribution in [0.4, 0.5) is 4.79 Å². The summed E-state index contributed by atoms with van der Waals surface area (Å²) in [5.41, 5.74) is 1.14. The number of carbonyl (C=O) groups excluding carboxylic acids is 2. The lowest BCUT2D eigenvalue weighted by molar-refractivity contribution is 0.104. The first-order chi connectivity index (χ1) is 8.58. The molecule has 4 nitrogen and oxygen atoms in total. The first-order valence-electron chi connectivity index (χ1n) is 5.30. The molecule has 0 unspecified atom stereocenters. The molecule has 1 aliphatic rings. The van der Waals surface area contributed by atoms with Gasteiger partial charge in [-0.25, -0.2) is 4.79 Å². The number of ketones is 1. The summed E-state index contributed by atoms with van der Waals surface area (Å²) in [5.74, 6) is -0.135. The number of allylic oxidation sites excluding steroid dienone is 2. The Hall–Kier alpha value is -1.88. The lowest BCUT2D eigenvalue weighted by Crippen LogP contribution is -2.36. The molecule has 0 spiro atoms. The molecular weight excluding hydrogens is 296 g/mol. The van der Waals surface area contributed by atoms with E-state index < -0.39 is 0 Å². The van der Waals surface area contributed by atoms with Gasteiger partial charge in [-0.15, -0.1) is 0 Å². The Morgan fingerprint density at radius 1 is 1.33 bits per heavy atom. The number of carbonyl (C=O) groups is 2. The number of amides is 2.